The first-order chi connectivity index (χ1) is 18.0. The molecule has 3 aliphatic carbocycles. The Labute approximate surface area is 220 Å². The molecule has 0 radical (unpaired) electrons. The zero-order valence-electron chi connectivity index (χ0n) is 21.3. The van der Waals surface area contributed by atoms with E-state index in [9.17, 15) is 9.18 Å². The molecule has 7 rings (SSSR count). The number of methoxy groups -OCH3 is 1. The molecule has 4 atom stereocenters. The normalized spacial score (nSPS) is 25.9. The van der Waals surface area contributed by atoms with E-state index in [-0.39, 0.29) is 16.8 Å². The highest BCUT2D eigenvalue weighted by molar-refractivity contribution is 7.18. The van der Waals surface area contributed by atoms with E-state index in [2.05, 4.69) is 25.1 Å². The van der Waals surface area contributed by atoms with Crippen molar-refractivity contribution in [2.75, 3.05) is 7.11 Å². The summed E-state index contributed by atoms with van der Waals surface area (Å²) in [6.45, 7) is 2.97. The Morgan fingerprint density at radius 1 is 1.19 bits per heavy atom. The van der Waals surface area contributed by atoms with Crippen LogP contribution in [0.4, 0.5) is 4.39 Å². The number of fused-ring (bicyclic) bond motifs is 9. The topological polar surface area (TPSA) is 44.1 Å². The van der Waals surface area contributed by atoms with Crippen molar-refractivity contribution >= 4 is 21.6 Å². The molecule has 37 heavy (non-hydrogen) atoms. The van der Waals surface area contributed by atoms with Gasteiger partial charge in [0.05, 0.1) is 18.8 Å². The summed E-state index contributed by atoms with van der Waals surface area (Å²) in [4.78, 5) is 20.8. The van der Waals surface area contributed by atoms with Crippen LogP contribution in [0.25, 0.3) is 10.2 Å². The van der Waals surface area contributed by atoms with Gasteiger partial charge in [-0.05, 0) is 108 Å². The second-order valence-electron chi connectivity index (χ2n) is 11.3. The second kappa shape index (κ2) is 8.52. The van der Waals surface area contributed by atoms with Crippen LogP contribution in [0.3, 0.4) is 0 Å². The Morgan fingerprint density at radius 3 is 2.84 bits per heavy atom. The second-order valence-corrected chi connectivity index (χ2v) is 12.4. The summed E-state index contributed by atoms with van der Waals surface area (Å²) >= 11 is 1.74. The number of rotatable bonds is 4. The first-order valence-corrected chi connectivity index (χ1v) is 14.2. The molecule has 0 saturated heterocycles. The largest absolute Gasteiger partial charge is 0.497 e. The third kappa shape index (κ3) is 3.52. The van der Waals surface area contributed by atoms with Crippen LogP contribution in [0.1, 0.15) is 59.2 Å². The van der Waals surface area contributed by atoms with Gasteiger partial charge in [0.1, 0.15) is 16.4 Å². The van der Waals surface area contributed by atoms with Gasteiger partial charge in [-0.25, -0.2) is 9.37 Å². The van der Waals surface area contributed by atoms with Crippen molar-refractivity contribution < 1.29 is 9.13 Å². The van der Waals surface area contributed by atoms with Crippen LogP contribution in [0.2, 0.25) is 0 Å². The predicted octanol–water partition coefficient (Wildman–Crippen LogP) is 6.42. The summed E-state index contributed by atoms with van der Waals surface area (Å²) in [7, 11) is 1.74. The van der Waals surface area contributed by atoms with E-state index in [1.807, 2.05) is 0 Å². The predicted molar refractivity (Wildman–Crippen MR) is 145 cm³/mol. The fourth-order valence-corrected chi connectivity index (χ4v) is 9.10. The lowest BCUT2D eigenvalue weighted by atomic mass is 9.55. The number of hydrogen-bond donors (Lipinski definition) is 0. The fraction of sp³-hybridized carbons (Fsp3) is 0.419. The number of thiophene rings is 1. The lowest BCUT2D eigenvalue weighted by Crippen LogP contribution is -2.43. The number of benzene rings is 2. The Kier molecular flexibility index (Phi) is 5.33. The smallest absolute Gasteiger partial charge is 0.262 e. The molecule has 0 aliphatic heterocycles. The van der Waals surface area contributed by atoms with Gasteiger partial charge in [-0.1, -0.05) is 25.1 Å². The van der Waals surface area contributed by atoms with Gasteiger partial charge < -0.3 is 4.74 Å². The number of aryl methyl sites for hydroxylation is 3. The van der Waals surface area contributed by atoms with E-state index in [0.717, 1.165) is 47.2 Å². The summed E-state index contributed by atoms with van der Waals surface area (Å²) in [5.74, 6) is 2.52. The summed E-state index contributed by atoms with van der Waals surface area (Å²) in [6, 6.07) is 13.2. The number of nitrogens with zero attached hydrogens (tertiary/aromatic N) is 2. The minimum atomic E-state index is -0.239. The van der Waals surface area contributed by atoms with Crippen molar-refractivity contribution in [3.05, 3.63) is 92.1 Å². The zero-order chi connectivity index (χ0) is 25.3. The van der Waals surface area contributed by atoms with Crippen LogP contribution in [0.15, 0.2) is 53.6 Å². The van der Waals surface area contributed by atoms with Crippen molar-refractivity contribution in [3.8, 4) is 5.75 Å². The molecule has 0 N–H and O–H groups in total. The Hall–Kier alpha value is -2.99. The third-order valence-electron chi connectivity index (χ3n) is 9.61. The molecule has 1 saturated carbocycles. The van der Waals surface area contributed by atoms with Crippen LogP contribution in [0.5, 0.6) is 5.75 Å². The Bertz CT molecular complexity index is 1570. The first kappa shape index (κ1) is 23.2. The highest BCUT2D eigenvalue weighted by Crippen LogP contribution is 2.62. The van der Waals surface area contributed by atoms with Crippen LogP contribution in [-0.2, 0) is 31.2 Å². The average Bonchev–Trinajstić information content (AvgIpc) is 3.43. The van der Waals surface area contributed by atoms with Gasteiger partial charge in [0.25, 0.3) is 5.56 Å². The molecule has 0 unspecified atom stereocenters. The molecule has 3 aliphatic rings. The van der Waals surface area contributed by atoms with Crippen LogP contribution < -0.4 is 10.3 Å². The minimum absolute atomic E-state index is 0.0235. The van der Waals surface area contributed by atoms with E-state index in [0.29, 0.717) is 30.7 Å². The number of ether oxygens (including phenoxy) is 1. The van der Waals surface area contributed by atoms with E-state index < -0.39 is 0 Å². The van der Waals surface area contributed by atoms with Gasteiger partial charge in [-0.15, -0.1) is 11.3 Å². The SMILES string of the molecule is COc1ccc2c(c1)CC[C@@H]1[C@@H]2CC[C@@]2(C)c3c(sc4ncn(CCc5ccc(F)cc5)c(=O)c34)C[C@@H]12. The van der Waals surface area contributed by atoms with Gasteiger partial charge in [-0.2, -0.15) is 0 Å². The molecular weight excluding hydrogens is 483 g/mol. The molecule has 1 fully saturated rings. The molecule has 2 aromatic carbocycles. The Balaban J connectivity index is 1.22. The van der Waals surface area contributed by atoms with Crippen LogP contribution >= 0.6 is 11.3 Å². The molecule has 6 heteroatoms. The summed E-state index contributed by atoms with van der Waals surface area (Å²) in [6.07, 6.45) is 8.01. The zero-order valence-corrected chi connectivity index (χ0v) is 22.1. The van der Waals surface area contributed by atoms with Crippen LogP contribution in [0, 0.1) is 17.7 Å². The number of aromatic nitrogens is 2. The molecule has 0 spiro atoms. The monoisotopic (exact) mass is 514 g/mol. The molecule has 4 nitrogen and oxygen atoms in total. The van der Waals surface area contributed by atoms with Gasteiger partial charge in [-0.3, -0.25) is 9.36 Å². The highest BCUT2D eigenvalue weighted by Gasteiger charge is 2.54. The van der Waals surface area contributed by atoms with Crippen LogP contribution in [-0.4, -0.2) is 16.7 Å². The Morgan fingerprint density at radius 2 is 2.03 bits per heavy atom. The van der Waals surface area contributed by atoms with E-state index in [4.69, 9.17) is 9.72 Å². The summed E-state index contributed by atoms with van der Waals surface area (Å²) < 4.78 is 20.5. The van der Waals surface area contributed by atoms with Gasteiger partial charge in [0.2, 0.25) is 0 Å². The maximum Gasteiger partial charge on any atom is 0.262 e. The van der Waals surface area contributed by atoms with Crippen molar-refractivity contribution in [2.24, 2.45) is 11.8 Å². The lowest BCUT2D eigenvalue weighted by molar-refractivity contribution is 0.106. The van der Waals surface area contributed by atoms with Gasteiger partial charge >= 0.3 is 0 Å². The van der Waals surface area contributed by atoms with Crippen molar-refractivity contribution in [1.29, 1.82) is 0 Å². The molecule has 2 aromatic heterocycles. The molecular formula is C31H31FN2O2S. The van der Waals surface area contributed by atoms with Crippen molar-refractivity contribution in [1.82, 2.24) is 9.55 Å². The van der Waals surface area contributed by atoms with Gasteiger partial charge in [0.15, 0.2) is 0 Å². The number of halogens is 1. The first-order valence-electron chi connectivity index (χ1n) is 13.4. The fourth-order valence-electron chi connectivity index (χ4n) is 7.77. The van der Waals surface area contributed by atoms with E-state index >= 15 is 0 Å². The minimum Gasteiger partial charge on any atom is -0.497 e. The maximum absolute atomic E-state index is 13.8. The van der Waals surface area contributed by atoms with E-state index in [1.54, 1.807) is 41.5 Å². The molecule has 2 heterocycles. The third-order valence-corrected chi connectivity index (χ3v) is 10.7. The molecule has 190 valence electrons. The van der Waals surface area contributed by atoms with Gasteiger partial charge in [0, 0.05) is 11.4 Å². The average molecular weight is 515 g/mol. The number of hydrogen-bond acceptors (Lipinski definition) is 4. The maximum atomic E-state index is 13.8. The quantitative estimate of drug-likeness (QED) is 0.316. The van der Waals surface area contributed by atoms with E-state index in [1.165, 1.54) is 40.1 Å². The van der Waals surface area contributed by atoms with Crippen molar-refractivity contribution in [2.45, 2.75) is 63.3 Å². The summed E-state index contributed by atoms with van der Waals surface area (Å²) in [5, 5.41) is 0.853. The highest BCUT2D eigenvalue weighted by atomic mass is 32.1. The molecule has 4 aromatic rings. The van der Waals surface area contributed by atoms with Crippen molar-refractivity contribution in [3.63, 3.8) is 0 Å². The summed E-state index contributed by atoms with van der Waals surface area (Å²) in [5.41, 5.74) is 5.39. The molecule has 0 amide bonds. The standard InChI is InChI=1S/C31H31FN2O2S/c1-31-13-11-23-22-10-8-21(36-2)15-19(22)5-9-24(23)25(31)16-26-28(31)27-29(37-26)33-17-34(30(27)35)14-12-18-3-6-20(32)7-4-18/h3-4,6-8,10,15,17,23-25H,5,9,11-14,16H2,1-2H3/t23-,24-,25+,31-/m1/s1. The lowest BCUT2D eigenvalue weighted by Gasteiger charge is -2.49. The molecule has 0 bridgehead atoms.